The van der Waals surface area contributed by atoms with Crippen LogP contribution in [0.1, 0.15) is 121 Å². The van der Waals surface area contributed by atoms with E-state index >= 15 is 0 Å². The van der Waals surface area contributed by atoms with E-state index in [9.17, 15) is 0 Å². The van der Waals surface area contributed by atoms with Gasteiger partial charge < -0.3 is 18.6 Å². The number of aryl methyl sites for hydroxylation is 2. The fourth-order valence-electron chi connectivity index (χ4n) is 12.1. The molecule has 0 amide bonds. The molecule has 5 heteroatoms. The molecule has 0 saturated carbocycles. The van der Waals surface area contributed by atoms with Gasteiger partial charge in [-0.05, 0) is 166 Å². The first-order valence-electron chi connectivity index (χ1n) is 23.1. The van der Waals surface area contributed by atoms with Gasteiger partial charge >= 0.3 is 0 Å². The smallest absolute Gasteiger partial charge is 0.297 e. The largest absolute Gasteiger partial charge is 0.468 e. The van der Waals surface area contributed by atoms with E-state index in [2.05, 4.69) is 182 Å². The van der Waals surface area contributed by atoms with E-state index in [1.165, 1.54) is 79.9 Å². The summed E-state index contributed by atoms with van der Waals surface area (Å²) in [5, 5.41) is 3.39. The lowest BCUT2D eigenvalue weighted by Crippen LogP contribution is -2.61. The summed E-state index contributed by atoms with van der Waals surface area (Å²) in [6.07, 6.45) is 5.63. The highest BCUT2D eigenvalue weighted by atomic mass is 16.3. The Balaban J connectivity index is 1.23. The molecule has 0 N–H and O–H groups in total. The zero-order valence-corrected chi connectivity index (χ0v) is 38.1. The topological polar surface area (TPSA) is 32.8 Å². The quantitative estimate of drug-likeness (QED) is 0.166. The van der Waals surface area contributed by atoms with Crippen LogP contribution in [0, 0.1) is 6.92 Å². The lowest BCUT2D eigenvalue weighted by molar-refractivity contribution is 0.332. The maximum Gasteiger partial charge on any atom is 0.297 e. The Hall–Kier alpha value is -5.68. The van der Waals surface area contributed by atoms with E-state index in [1.54, 1.807) is 0 Å². The Morgan fingerprint density at radius 1 is 0.532 bits per heavy atom. The molecule has 0 atom stereocenters. The normalized spacial score (nSPS) is 18.7. The second kappa shape index (κ2) is 12.5. The van der Waals surface area contributed by atoms with Gasteiger partial charge in [0.15, 0.2) is 0 Å². The summed E-state index contributed by atoms with van der Waals surface area (Å²) in [4.78, 5) is 5.18. The van der Waals surface area contributed by atoms with Crippen molar-refractivity contribution >= 4 is 90.3 Å². The fraction of sp³-hybridized carbons (Fsp3) is 0.333. The van der Waals surface area contributed by atoms with Crippen LogP contribution < -0.4 is 26.4 Å². The van der Waals surface area contributed by atoms with Crippen molar-refractivity contribution in [1.82, 2.24) is 0 Å². The van der Waals surface area contributed by atoms with E-state index in [0.29, 0.717) is 0 Å². The van der Waals surface area contributed by atoms with E-state index in [1.807, 2.05) is 0 Å². The number of fused-ring (bicyclic) bond motifs is 11. The summed E-state index contributed by atoms with van der Waals surface area (Å²) in [6, 6.07) is 39.4. The summed E-state index contributed by atoms with van der Waals surface area (Å²) in [6.45, 7) is 24.0. The Labute approximate surface area is 367 Å². The third-order valence-electron chi connectivity index (χ3n) is 16.0. The van der Waals surface area contributed by atoms with Crippen molar-refractivity contribution in [3.8, 4) is 0 Å². The Morgan fingerprint density at radius 3 is 1.89 bits per heavy atom. The van der Waals surface area contributed by atoms with Crippen LogP contribution in [-0.2, 0) is 28.1 Å². The van der Waals surface area contributed by atoms with Gasteiger partial charge in [0, 0.05) is 33.5 Å². The molecule has 4 heterocycles. The molecular weight excluding hydrogens is 755 g/mol. The standard InChI is InChI=1S/C57H57BN2O2/c1-11-34-19-22-48-37(29-34)52-53(62-48)58-42-31-40-41(57(9,10)26-25-56(40,7)8)32-44(42)59(35-20-21-38-39(30-35)55(5,6)24-23-54(38,3)4)45-27-33(2)28-46(51(45)58)60(52)43-16-14-18-49-50(43)36-15-12-13-17-47(36)61-49/h12-22,27-32H,11,23-26H2,1-10H3. The summed E-state index contributed by atoms with van der Waals surface area (Å²) in [5.41, 5.74) is 22.2. The van der Waals surface area contributed by atoms with Crippen LogP contribution in [0.2, 0.25) is 0 Å². The first-order valence-corrected chi connectivity index (χ1v) is 23.1. The molecule has 310 valence electrons. The maximum absolute atomic E-state index is 7.38. The third kappa shape index (κ3) is 5.14. The zero-order chi connectivity index (χ0) is 42.8. The Bertz CT molecular complexity index is 3230. The molecule has 62 heavy (non-hydrogen) atoms. The van der Waals surface area contributed by atoms with Gasteiger partial charge in [-0.25, -0.2) is 0 Å². The molecule has 2 aliphatic heterocycles. The van der Waals surface area contributed by atoms with E-state index in [4.69, 9.17) is 8.83 Å². The van der Waals surface area contributed by atoms with Crippen molar-refractivity contribution in [2.45, 2.75) is 123 Å². The number of hydrogen-bond donors (Lipinski definition) is 0. The molecule has 0 radical (unpaired) electrons. The van der Waals surface area contributed by atoms with Crippen LogP contribution in [0.25, 0.3) is 32.9 Å². The van der Waals surface area contributed by atoms with Crippen molar-refractivity contribution < 1.29 is 8.83 Å². The number of furan rings is 2. The van der Waals surface area contributed by atoms with Gasteiger partial charge in [-0.15, -0.1) is 0 Å². The minimum absolute atomic E-state index is 0.0357. The van der Waals surface area contributed by atoms with Crippen molar-refractivity contribution in [2.75, 3.05) is 9.80 Å². The SMILES string of the molecule is CCc1ccc2oc3c(c2c1)N(c1cccc2oc4ccccc4c12)c1cc(C)cc2c1B3c1cc3c(cc1N2c1ccc2c(c1)C(C)(C)CCC2(C)C)C(C)(C)CCC3(C)C. The van der Waals surface area contributed by atoms with Crippen molar-refractivity contribution in [1.29, 1.82) is 0 Å². The number of hydrogen-bond acceptors (Lipinski definition) is 4. The Kier molecular flexibility index (Phi) is 7.66. The van der Waals surface area contributed by atoms with Crippen LogP contribution in [0.5, 0.6) is 0 Å². The number of anilines is 6. The molecule has 6 aromatic carbocycles. The predicted molar refractivity (Wildman–Crippen MR) is 262 cm³/mol. The number of rotatable bonds is 3. The van der Waals surface area contributed by atoms with Gasteiger partial charge in [-0.3, -0.25) is 0 Å². The molecule has 0 saturated heterocycles. The molecule has 4 nitrogen and oxygen atoms in total. The number of nitrogens with zero attached hydrogens (tertiary/aromatic N) is 2. The van der Waals surface area contributed by atoms with Crippen molar-refractivity contribution in [2.24, 2.45) is 0 Å². The first-order chi connectivity index (χ1) is 29.6. The van der Waals surface area contributed by atoms with Gasteiger partial charge in [-0.2, -0.15) is 0 Å². The summed E-state index contributed by atoms with van der Waals surface area (Å²) < 4.78 is 14.0. The lowest BCUT2D eigenvalue weighted by Gasteiger charge is -2.47. The highest BCUT2D eigenvalue weighted by molar-refractivity contribution is 7.00. The molecule has 2 aromatic heterocycles. The van der Waals surface area contributed by atoms with Gasteiger partial charge in [0.25, 0.3) is 6.71 Å². The molecule has 0 bridgehead atoms. The Morgan fingerprint density at radius 2 is 1.16 bits per heavy atom. The monoisotopic (exact) mass is 812 g/mol. The molecule has 0 fully saturated rings. The highest BCUT2D eigenvalue weighted by Gasteiger charge is 2.49. The highest BCUT2D eigenvalue weighted by Crippen LogP contribution is 2.54. The van der Waals surface area contributed by atoms with Crippen molar-refractivity contribution in [3.05, 3.63) is 137 Å². The minimum Gasteiger partial charge on any atom is -0.468 e. The predicted octanol–water partition coefficient (Wildman–Crippen LogP) is 14.0. The lowest BCUT2D eigenvalue weighted by atomic mass is 9.35. The average molecular weight is 813 g/mol. The summed E-state index contributed by atoms with van der Waals surface area (Å²) in [5.74, 6) is 0. The number of para-hydroxylation sites is 1. The number of benzene rings is 6. The van der Waals surface area contributed by atoms with E-state index < -0.39 is 0 Å². The van der Waals surface area contributed by atoms with Crippen LogP contribution in [0.4, 0.5) is 34.1 Å². The van der Waals surface area contributed by atoms with Gasteiger partial charge in [0.05, 0.1) is 22.4 Å². The maximum atomic E-state index is 7.38. The molecule has 8 aromatic rings. The molecule has 12 rings (SSSR count). The fourth-order valence-corrected chi connectivity index (χ4v) is 12.1. The molecule has 0 spiro atoms. The van der Waals surface area contributed by atoms with Gasteiger partial charge in [0.2, 0.25) is 0 Å². The van der Waals surface area contributed by atoms with Crippen LogP contribution in [0.15, 0.2) is 112 Å². The summed E-state index contributed by atoms with van der Waals surface area (Å²) in [7, 11) is 0. The van der Waals surface area contributed by atoms with Crippen LogP contribution in [-0.4, -0.2) is 6.71 Å². The molecule has 4 aliphatic rings. The van der Waals surface area contributed by atoms with Gasteiger partial charge in [-0.1, -0.05) is 105 Å². The second-order valence-corrected chi connectivity index (χ2v) is 21.8. The zero-order valence-electron chi connectivity index (χ0n) is 38.1. The molecular formula is C57H57BN2O2. The van der Waals surface area contributed by atoms with E-state index in [0.717, 1.165) is 69.2 Å². The molecule has 0 unspecified atom stereocenters. The average Bonchev–Trinajstić information content (AvgIpc) is 3.82. The minimum atomic E-state index is -0.116. The van der Waals surface area contributed by atoms with Crippen LogP contribution in [0.3, 0.4) is 0 Å². The summed E-state index contributed by atoms with van der Waals surface area (Å²) >= 11 is 0. The van der Waals surface area contributed by atoms with Crippen molar-refractivity contribution in [3.63, 3.8) is 0 Å². The van der Waals surface area contributed by atoms with E-state index in [-0.39, 0.29) is 28.4 Å². The second-order valence-electron chi connectivity index (χ2n) is 21.8. The molecule has 2 aliphatic carbocycles. The van der Waals surface area contributed by atoms with Gasteiger partial charge in [0.1, 0.15) is 16.7 Å². The first kappa shape index (κ1) is 38.0. The van der Waals surface area contributed by atoms with Crippen LogP contribution >= 0.6 is 0 Å². The third-order valence-corrected chi connectivity index (χ3v) is 16.0.